The van der Waals surface area contributed by atoms with E-state index in [1.165, 1.54) is 14.0 Å². The Kier molecular flexibility index (Phi) is 5.81. The molecular weight excluding hydrogens is 238 g/mol. The van der Waals surface area contributed by atoms with Gasteiger partial charge in [-0.25, -0.2) is 9.59 Å². The van der Waals surface area contributed by atoms with Crippen LogP contribution in [0.15, 0.2) is 0 Å². The van der Waals surface area contributed by atoms with Gasteiger partial charge in [0.25, 0.3) is 0 Å². The van der Waals surface area contributed by atoms with E-state index in [-0.39, 0.29) is 5.78 Å². The summed E-state index contributed by atoms with van der Waals surface area (Å²) in [7, 11) is 1.19. The van der Waals surface area contributed by atoms with Gasteiger partial charge in [0.2, 0.25) is 0 Å². The van der Waals surface area contributed by atoms with Crippen LogP contribution in [0.2, 0.25) is 0 Å². The lowest BCUT2D eigenvalue weighted by Crippen LogP contribution is -2.49. The molecule has 0 saturated carbocycles. The maximum Gasteiger partial charge on any atom is 0.408 e. The molecule has 0 fully saturated rings. The smallest absolute Gasteiger partial charge is 0.408 e. The fourth-order valence-corrected chi connectivity index (χ4v) is 1.18. The first kappa shape index (κ1) is 16.4. The maximum absolute atomic E-state index is 11.6. The van der Waals surface area contributed by atoms with Crippen LogP contribution in [0.25, 0.3) is 0 Å². The van der Waals surface area contributed by atoms with Gasteiger partial charge in [-0.05, 0) is 27.7 Å². The van der Waals surface area contributed by atoms with Crippen LogP contribution in [0.3, 0.4) is 0 Å². The molecule has 0 aromatic carbocycles. The van der Waals surface area contributed by atoms with E-state index in [2.05, 4.69) is 10.1 Å². The summed E-state index contributed by atoms with van der Waals surface area (Å²) in [6.45, 7) is 8.00. The van der Waals surface area contributed by atoms with Crippen LogP contribution < -0.4 is 5.32 Å². The van der Waals surface area contributed by atoms with Crippen molar-refractivity contribution in [1.29, 1.82) is 0 Å². The van der Waals surface area contributed by atoms with Crippen LogP contribution in [-0.2, 0) is 19.1 Å². The third kappa shape index (κ3) is 5.65. The van der Waals surface area contributed by atoms with Crippen molar-refractivity contribution in [3.8, 4) is 0 Å². The molecule has 0 aromatic rings. The quantitative estimate of drug-likeness (QED) is 0.769. The van der Waals surface area contributed by atoms with Crippen LogP contribution in [0, 0.1) is 5.92 Å². The Morgan fingerprint density at radius 1 is 1.17 bits per heavy atom. The predicted molar refractivity (Wildman–Crippen MR) is 65.0 cm³/mol. The Balaban J connectivity index is 4.76. The van der Waals surface area contributed by atoms with Gasteiger partial charge in [-0.1, -0.05) is 6.92 Å². The second-order valence-electron chi connectivity index (χ2n) is 5.05. The molecule has 0 heterocycles. The molecular formula is C12H21NO5. The highest BCUT2D eigenvalue weighted by Gasteiger charge is 2.32. The van der Waals surface area contributed by atoms with Crippen LogP contribution in [0.4, 0.5) is 4.79 Å². The first-order valence-corrected chi connectivity index (χ1v) is 5.66. The van der Waals surface area contributed by atoms with Gasteiger partial charge < -0.3 is 14.8 Å². The Morgan fingerprint density at radius 2 is 1.67 bits per heavy atom. The molecule has 0 aliphatic heterocycles. The van der Waals surface area contributed by atoms with Crippen molar-refractivity contribution < 1.29 is 23.9 Å². The number of carbonyl (C=O) groups excluding carboxylic acids is 3. The van der Waals surface area contributed by atoms with E-state index in [4.69, 9.17) is 4.74 Å². The number of alkyl carbamates (subject to hydrolysis) is 1. The van der Waals surface area contributed by atoms with E-state index < -0.39 is 29.6 Å². The number of amides is 1. The van der Waals surface area contributed by atoms with E-state index in [9.17, 15) is 14.4 Å². The van der Waals surface area contributed by atoms with Gasteiger partial charge in [-0.2, -0.15) is 0 Å². The van der Waals surface area contributed by atoms with Gasteiger partial charge in [0.15, 0.2) is 0 Å². The molecule has 104 valence electrons. The topological polar surface area (TPSA) is 81.7 Å². The lowest BCUT2D eigenvalue weighted by atomic mass is 9.98. The van der Waals surface area contributed by atoms with Crippen LogP contribution in [-0.4, -0.2) is 36.6 Å². The Bertz CT molecular complexity index is 332. The summed E-state index contributed by atoms with van der Waals surface area (Å²) < 4.78 is 9.58. The lowest BCUT2D eigenvalue weighted by molar-refractivity contribution is -0.146. The van der Waals surface area contributed by atoms with Crippen molar-refractivity contribution in [3.05, 3.63) is 0 Å². The highest BCUT2D eigenvalue weighted by Crippen LogP contribution is 2.10. The van der Waals surface area contributed by atoms with Gasteiger partial charge in [-0.15, -0.1) is 0 Å². The van der Waals surface area contributed by atoms with Gasteiger partial charge in [0.05, 0.1) is 7.11 Å². The number of rotatable bonds is 4. The number of Topliss-reactive ketones (excluding diaryl/α,β-unsaturated/α-hetero) is 1. The number of carbonyl (C=O) groups is 3. The molecule has 0 aromatic heterocycles. The highest BCUT2D eigenvalue weighted by atomic mass is 16.6. The molecule has 0 radical (unpaired) electrons. The molecule has 0 unspecified atom stereocenters. The van der Waals surface area contributed by atoms with Crippen molar-refractivity contribution in [2.45, 2.75) is 46.3 Å². The Morgan fingerprint density at radius 3 is 2.00 bits per heavy atom. The molecule has 0 aliphatic carbocycles. The van der Waals surface area contributed by atoms with E-state index in [1.807, 2.05) is 0 Å². The van der Waals surface area contributed by atoms with Gasteiger partial charge in [0, 0.05) is 5.92 Å². The molecule has 18 heavy (non-hydrogen) atoms. The highest BCUT2D eigenvalue weighted by molar-refractivity contribution is 5.89. The SMILES string of the molecule is COC(=O)[C@@H](NC(=O)OC(C)(C)C)[C@H](C)C(C)=O. The summed E-state index contributed by atoms with van der Waals surface area (Å²) in [6, 6.07) is -1.04. The minimum Gasteiger partial charge on any atom is -0.467 e. The molecule has 1 amide bonds. The number of nitrogens with one attached hydrogen (secondary N) is 1. The number of hydrogen-bond donors (Lipinski definition) is 1. The molecule has 0 bridgehead atoms. The summed E-state index contributed by atoms with van der Waals surface area (Å²) in [5.74, 6) is -1.57. The van der Waals surface area contributed by atoms with Gasteiger partial charge in [0.1, 0.15) is 17.4 Å². The Labute approximate surface area is 107 Å². The number of methoxy groups -OCH3 is 1. The van der Waals surface area contributed by atoms with Crippen molar-refractivity contribution in [2.24, 2.45) is 5.92 Å². The summed E-state index contributed by atoms with van der Waals surface area (Å²) in [5.41, 5.74) is -0.676. The molecule has 0 spiro atoms. The molecule has 1 N–H and O–H groups in total. The van der Waals surface area contributed by atoms with Gasteiger partial charge in [-0.3, -0.25) is 4.79 Å². The van der Waals surface area contributed by atoms with Crippen molar-refractivity contribution in [2.75, 3.05) is 7.11 Å². The zero-order valence-corrected chi connectivity index (χ0v) is 11.7. The van der Waals surface area contributed by atoms with Crippen molar-refractivity contribution in [3.63, 3.8) is 0 Å². The first-order valence-electron chi connectivity index (χ1n) is 5.66. The fourth-order valence-electron chi connectivity index (χ4n) is 1.18. The fraction of sp³-hybridized carbons (Fsp3) is 0.750. The summed E-state index contributed by atoms with van der Waals surface area (Å²) >= 11 is 0. The van der Waals surface area contributed by atoms with E-state index in [1.54, 1.807) is 27.7 Å². The van der Waals surface area contributed by atoms with Crippen LogP contribution in [0.1, 0.15) is 34.6 Å². The van der Waals surface area contributed by atoms with E-state index in [0.717, 1.165) is 0 Å². The second-order valence-corrected chi connectivity index (χ2v) is 5.05. The molecule has 0 rings (SSSR count). The normalized spacial score (nSPS) is 14.3. The zero-order chi connectivity index (χ0) is 14.5. The van der Waals surface area contributed by atoms with E-state index >= 15 is 0 Å². The minimum atomic E-state index is -1.04. The minimum absolute atomic E-state index is 0.221. The summed E-state index contributed by atoms with van der Waals surface area (Å²) in [6.07, 6.45) is -0.758. The number of hydrogen-bond acceptors (Lipinski definition) is 5. The number of ether oxygens (including phenoxy) is 2. The van der Waals surface area contributed by atoms with Crippen molar-refractivity contribution in [1.82, 2.24) is 5.32 Å². The third-order valence-corrected chi connectivity index (χ3v) is 2.27. The maximum atomic E-state index is 11.6. The van der Waals surface area contributed by atoms with Gasteiger partial charge >= 0.3 is 12.1 Å². The molecule has 0 saturated heterocycles. The molecule has 0 aliphatic rings. The first-order chi connectivity index (χ1) is 8.08. The number of ketones is 1. The van der Waals surface area contributed by atoms with Crippen molar-refractivity contribution >= 4 is 17.8 Å². The standard InChI is InChI=1S/C12H21NO5/c1-7(8(2)14)9(10(15)17-6)13-11(16)18-12(3,4)5/h7,9H,1-6H3,(H,13,16)/t7-,9+/m1/s1. The van der Waals surface area contributed by atoms with E-state index in [0.29, 0.717) is 0 Å². The van der Waals surface area contributed by atoms with Crippen LogP contribution in [0.5, 0.6) is 0 Å². The molecule has 6 heteroatoms. The monoisotopic (exact) mass is 259 g/mol. The average molecular weight is 259 g/mol. The zero-order valence-electron chi connectivity index (χ0n) is 11.7. The third-order valence-electron chi connectivity index (χ3n) is 2.27. The Hall–Kier alpha value is -1.59. The lowest BCUT2D eigenvalue weighted by Gasteiger charge is -2.24. The predicted octanol–water partition coefficient (Wildman–Crippen LogP) is 1.28. The molecule has 2 atom stereocenters. The molecule has 6 nitrogen and oxygen atoms in total. The number of esters is 1. The summed E-state index contributed by atoms with van der Waals surface area (Å²) in [5, 5.41) is 2.35. The average Bonchev–Trinajstić information content (AvgIpc) is 2.21. The largest absolute Gasteiger partial charge is 0.467 e. The second kappa shape index (κ2) is 6.37. The van der Waals surface area contributed by atoms with Crippen LogP contribution >= 0.6 is 0 Å². The summed E-state index contributed by atoms with van der Waals surface area (Å²) in [4.78, 5) is 34.4.